The van der Waals surface area contributed by atoms with Crippen LogP contribution in [0.2, 0.25) is 0 Å². The first-order valence-corrected chi connectivity index (χ1v) is 8.73. The van der Waals surface area contributed by atoms with Gasteiger partial charge < -0.3 is 24.8 Å². The number of ether oxygens (including phenoxy) is 2. The van der Waals surface area contributed by atoms with Crippen molar-refractivity contribution < 1.29 is 37.3 Å². The minimum Gasteiger partial charge on any atom is -0.493 e. The summed E-state index contributed by atoms with van der Waals surface area (Å²) in [5.74, 6) is -1.20. The fourth-order valence-corrected chi connectivity index (χ4v) is 3.78. The van der Waals surface area contributed by atoms with E-state index in [1.165, 1.54) is 26.4 Å². The number of halogens is 3. The lowest BCUT2D eigenvalue weighted by Crippen LogP contribution is -2.39. The number of aliphatic hydroxyl groups excluding tert-OH is 1. The van der Waals surface area contributed by atoms with Crippen LogP contribution in [0.4, 0.5) is 18.9 Å². The van der Waals surface area contributed by atoms with Crippen molar-refractivity contribution in [1.82, 2.24) is 4.90 Å². The van der Waals surface area contributed by atoms with Crippen molar-refractivity contribution in [2.75, 3.05) is 32.6 Å². The SMILES string of the molecule is COc1cc(C(=O)N2C[C@@H]3C[C@@H](O)[C@@H]3C2)cc(NC(=O)CC(F)(F)F)c1OC. The molecule has 3 rings (SSSR count). The Hall–Kier alpha value is -2.49. The molecule has 0 bridgehead atoms. The van der Waals surface area contributed by atoms with Gasteiger partial charge in [0.2, 0.25) is 5.91 Å². The maximum Gasteiger partial charge on any atom is 0.397 e. The third-order valence-corrected chi connectivity index (χ3v) is 5.18. The van der Waals surface area contributed by atoms with E-state index in [9.17, 15) is 27.9 Å². The van der Waals surface area contributed by atoms with E-state index >= 15 is 0 Å². The van der Waals surface area contributed by atoms with Gasteiger partial charge >= 0.3 is 6.18 Å². The number of nitrogens with one attached hydrogen (secondary N) is 1. The Morgan fingerprint density at radius 3 is 2.50 bits per heavy atom. The highest BCUT2D eigenvalue weighted by molar-refractivity contribution is 5.99. The van der Waals surface area contributed by atoms with E-state index in [0.29, 0.717) is 19.5 Å². The normalized spacial score (nSPS) is 23.6. The first-order valence-electron chi connectivity index (χ1n) is 8.73. The maximum absolute atomic E-state index is 12.9. The number of nitrogens with zero attached hydrogens (tertiary/aromatic N) is 1. The average molecular weight is 402 g/mol. The van der Waals surface area contributed by atoms with Crippen LogP contribution in [0.15, 0.2) is 12.1 Å². The van der Waals surface area contributed by atoms with Gasteiger partial charge in [-0.05, 0) is 24.5 Å². The van der Waals surface area contributed by atoms with Crippen LogP contribution in [-0.2, 0) is 4.79 Å². The summed E-state index contributed by atoms with van der Waals surface area (Å²) >= 11 is 0. The van der Waals surface area contributed by atoms with Crippen molar-refractivity contribution in [1.29, 1.82) is 0 Å². The molecular weight excluding hydrogens is 381 g/mol. The number of hydrogen-bond acceptors (Lipinski definition) is 5. The molecule has 2 amide bonds. The van der Waals surface area contributed by atoms with Crippen LogP contribution in [0.25, 0.3) is 0 Å². The van der Waals surface area contributed by atoms with Gasteiger partial charge in [-0.2, -0.15) is 13.2 Å². The lowest BCUT2D eigenvalue weighted by Gasteiger charge is -2.34. The zero-order valence-electron chi connectivity index (χ0n) is 15.4. The Labute approximate surface area is 159 Å². The minimum absolute atomic E-state index is 0.0199. The van der Waals surface area contributed by atoms with E-state index in [1.807, 2.05) is 0 Å². The summed E-state index contributed by atoms with van der Waals surface area (Å²) in [5.41, 5.74) is 0.0670. The van der Waals surface area contributed by atoms with Crippen molar-refractivity contribution in [2.45, 2.75) is 25.1 Å². The number of likely N-dealkylation sites (tertiary alicyclic amines) is 1. The standard InChI is InChI=1S/C18H21F3N2O5/c1-27-14-5-9(17(26)23-7-10-4-13(24)11(10)8-23)3-12(16(14)28-2)22-15(25)6-18(19,20)21/h3,5,10-11,13,24H,4,6-8H2,1-2H3,(H,22,25)/t10-,11+,13+/m0/s1. The number of methoxy groups -OCH3 is 2. The molecule has 1 saturated carbocycles. The number of aliphatic hydroxyl groups is 1. The fraction of sp³-hybridized carbons (Fsp3) is 0.556. The molecule has 0 aromatic heterocycles. The largest absolute Gasteiger partial charge is 0.493 e. The molecule has 28 heavy (non-hydrogen) atoms. The molecule has 1 aromatic carbocycles. The monoisotopic (exact) mass is 402 g/mol. The van der Waals surface area contributed by atoms with Crippen molar-refractivity contribution in [3.63, 3.8) is 0 Å². The zero-order valence-corrected chi connectivity index (χ0v) is 15.4. The average Bonchev–Trinajstić information content (AvgIpc) is 2.95. The number of carbonyl (C=O) groups is 2. The number of carbonyl (C=O) groups excluding carboxylic acids is 2. The Bertz CT molecular complexity index is 783. The van der Waals surface area contributed by atoms with E-state index in [2.05, 4.69) is 5.32 Å². The molecule has 3 atom stereocenters. The molecule has 1 aliphatic heterocycles. The number of hydrogen-bond donors (Lipinski definition) is 2. The summed E-state index contributed by atoms with van der Waals surface area (Å²) in [5, 5.41) is 11.9. The molecule has 10 heteroatoms. The van der Waals surface area contributed by atoms with Crippen molar-refractivity contribution >= 4 is 17.5 Å². The van der Waals surface area contributed by atoms with Gasteiger partial charge in [-0.15, -0.1) is 0 Å². The second-order valence-electron chi connectivity index (χ2n) is 7.04. The number of amides is 2. The van der Waals surface area contributed by atoms with Crippen molar-refractivity contribution in [2.24, 2.45) is 11.8 Å². The predicted octanol–water partition coefficient (Wildman–Crippen LogP) is 2.05. The molecule has 154 valence electrons. The predicted molar refractivity (Wildman–Crippen MR) is 92.4 cm³/mol. The van der Waals surface area contributed by atoms with E-state index in [1.54, 1.807) is 4.90 Å². The Morgan fingerprint density at radius 2 is 1.96 bits per heavy atom. The highest BCUT2D eigenvalue weighted by atomic mass is 19.4. The first-order chi connectivity index (χ1) is 13.1. The Kier molecular flexibility index (Phi) is 5.42. The van der Waals surface area contributed by atoms with Crippen LogP contribution < -0.4 is 14.8 Å². The van der Waals surface area contributed by atoms with Crippen molar-refractivity contribution in [3.05, 3.63) is 17.7 Å². The summed E-state index contributed by atoms with van der Waals surface area (Å²) in [6.45, 7) is 0.916. The van der Waals surface area contributed by atoms with Crippen LogP contribution in [-0.4, -0.2) is 61.4 Å². The van der Waals surface area contributed by atoms with Gasteiger partial charge in [0, 0.05) is 24.6 Å². The fourth-order valence-electron chi connectivity index (χ4n) is 3.78. The van der Waals surface area contributed by atoms with Gasteiger partial charge in [0.05, 0.1) is 26.0 Å². The van der Waals surface area contributed by atoms with Crippen LogP contribution in [0.5, 0.6) is 11.5 Å². The van der Waals surface area contributed by atoms with Crippen LogP contribution >= 0.6 is 0 Å². The quantitative estimate of drug-likeness (QED) is 0.787. The second kappa shape index (κ2) is 7.50. The highest BCUT2D eigenvalue weighted by Gasteiger charge is 2.47. The first kappa shape index (κ1) is 20.2. The Balaban J connectivity index is 1.85. The smallest absolute Gasteiger partial charge is 0.397 e. The second-order valence-corrected chi connectivity index (χ2v) is 7.04. The molecule has 1 saturated heterocycles. The summed E-state index contributed by atoms with van der Waals surface area (Å²) in [6, 6.07) is 2.69. The summed E-state index contributed by atoms with van der Waals surface area (Å²) in [4.78, 5) is 26.2. The summed E-state index contributed by atoms with van der Waals surface area (Å²) in [7, 11) is 2.60. The van der Waals surface area contributed by atoms with Crippen LogP contribution in [0.1, 0.15) is 23.2 Å². The molecule has 2 N–H and O–H groups in total. The van der Waals surface area contributed by atoms with Gasteiger partial charge in [-0.25, -0.2) is 0 Å². The Morgan fingerprint density at radius 1 is 1.25 bits per heavy atom. The number of benzene rings is 1. The number of anilines is 1. The summed E-state index contributed by atoms with van der Waals surface area (Å²) in [6.07, 6.45) is -6.08. The molecule has 0 radical (unpaired) electrons. The molecule has 0 spiro atoms. The van der Waals surface area contributed by atoms with E-state index < -0.39 is 24.6 Å². The molecule has 1 aromatic rings. The maximum atomic E-state index is 12.9. The van der Waals surface area contributed by atoms with Gasteiger partial charge in [-0.1, -0.05) is 0 Å². The molecular formula is C18H21F3N2O5. The number of alkyl halides is 3. The van der Waals surface area contributed by atoms with Gasteiger partial charge in [0.1, 0.15) is 6.42 Å². The molecule has 1 aliphatic carbocycles. The summed E-state index contributed by atoms with van der Waals surface area (Å²) < 4.78 is 47.7. The van der Waals surface area contributed by atoms with E-state index in [-0.39, 0.29) is 40.5 Å². The zero-order chi connectivity index (χ0) is 20.6. The molecule has 2 fully saturated rings. The van der Waals surface area contributed by atoms with Gasteiger partial charge in [0.25, 0.3) is 5.91 Å². The van der Waals surface area contributed by atoms with Gasteiger partial charge in [-0.3, -0.25) is 9.59 Å². The van der Waals surface area contributed by atoms with E-state index in [4.69, 9.17) is 9.47 Å². The molecule has 7 nitrogen and oxygen atoms in total. The lowest BCUT2D eigenvalue weighted by molar-refractivity contribution is -0.150. The third-order valence-electron chi connectivity index (χ3n) is 5.18. The van der Waals surface area contributed by atoms with Crippen molar-refractivity contribution in [3.8, 4) is 11.5 Å². The van der Waals surface area contributed by atoms with Crippen LogP contribution in [0, 0.1) is 11.8 Å². The van der Waals surface area contributed by atoms with Crippen LogP contribution in [0.3, 0.4) is 0 Å². The topological polar surface area (TPSA) is 88.1 Å². The lowest BCUT2D eigenvalue weighted by atomic mass is 9.74. The number of fused-ring (bicyclic) bond motifs is 1. The minimum atomic E-state index is -4.66. The number of rotatable bonds is 5. The van der Waals surface area contributed by atoms with E-state index in [0.717, 1.165) is 0 Å². The molecule has 0 unspecified atom stereocenters. The molecule has 1 heterocycles. The third kappa shape index (κ3) is 4.01. The van der Waals surface area contributed by atoms with Gasteiger partial charge in [0.15, 0.2) is 11.5 Å². The molecule has 2 aliphatic rings. The highest BCUT2D eigenvalue weighted by Crippen LogP contribution is 2.42.